The van der Waals surface area contributed by atoms with Crippen LogP contribution in [-0.2, 0) is 4.79 Å². The van der Waals surface area contributed by atoms with Crippen LogP contribution < -0.4 is 12.4 Å². The van der Waals surface area contributed by atoms with Crippen LogP contribution >= 0.6 is 11.9 Å². The second kappa shape index (κ2) is 5.83. The molecule has 0 saturated carbocycles. The first-order chi connectivity index (χ1) is 4.48. The van der Waals surface area contributed by atoms with Crippen molar-refractivity contribution in [3.8, 4) is 0 Å². The maximum atomic E-state index is 10.6. The minimum Gasteiger partial charge on any atom is -1.00 e. The molecule has 0 aliphatic heterocycles. The van der Waals surface area contributed by atoms with Gasteiger partial charge in [-0.05, 0) is 0 Å². The molecule has 68 valence electrons. The number of hydrogen-bond acceptors (Lipinski definition) is 3. The van der Waals surface area contributed by atoms with Crippen molar-refractivity contribution in [2.45, 2.75) is 6.92 Å². The van der Waals surface area contributed by atoms with Crippen LogP contribution in [0.2, 0.25) is 0 Å². The SMILES string of the molecule is CC(=O)S[N+](C)(C)CCO.[Cl-]. The molecule has 3 nitrogen and oxygen atoms in total. The molecule has 1 N–H and O–H groups in total. The van der Waals surface area contributed by atoms with Gasteiger partial charge < -0.3 is 17.5 Å². The van der Waals surface area contributed by atoms with Crippen LogP contribution in [0.25, 0.3) is 0 Å². The fourth-order valence-corrected chi connectivity index (χ4v) is 1.50. The van der Waals surface area contributed by atoms with Gasteiger partial charge in [0.05, 0.1) is 20.7 Å². The molecule has 0 unspecified atom stereocenters. The topological polar surface area (TPSA) is 37.3 Å². The quantitative estimate of drug-likeness (QED) is 0.396. The number of quaternary nitrogens is 1. The van der Waals surface area contributed by atoms with E-state index in [0.29, 0.717) is 10.4 Å². The predicted octanol–water partition coefficient (Wildman–Crippen LogP) is -2.75. The van der Waals surface area contributed by atoms with Crippen LogP contribution in [0.4, 0.5) is 0 Å². The highest BCUT2D eigenvalue weighted by Crippen LogP contribution is 2.15. The van der Waals surface area contributed by atoms with Crippen molar-refractivity contribution in [2.24, 2.45) is 0 Å². The second-order valence-corrected chi connectivity index (χ2v) is 4.35. The minimum absolute atomic E-state index is 0. The van der Waals surface area contributed by atoms with Gasteiger partial charge in [0.1, 0.15) is 6.54 Å². The zero-order valence-electron chi connectivity index (χ0n) is 7.00. The van der Waals surface area contributed by atoms with E-state index in [1.165, 1.54) is 18.9 Å². The summed E-state index contributed by atoms with van der Waals surface area (Å²) in [4.78, 5) is 10.6. The molecule has 0 aliphatic carbocycles. The molecule has 0 rings (SSSR count). The maximum absolute atomic E-state index is 10.6. The highest BCUT2D eigenvalue weighted by atomic mass is 35.5. The van der Waals surface area contributed by atoms with E-state index in [0.717, 1.165) is 0 Å². The fraction of sp³-hybridized carbons (Fsp3) is 0.833. The van der Waals surface area contributed by atoms with Crippen LogP contribution in [0.3, 0.4) is 0 Å². The number of carbonyl (C=O) groups excluding carboxylic acids is 1. The first kappa shape index (κ1) is 13.8. The Hall–Kier alpha value is 0.230. The van der Waals surface area contributed by atoms with Crippen LogP contribution in [0.1, 0.15) is 6.92 Å². The molecule has 0 radical (unpaired) electrons. The van der Waals surface area contributed by atoms with Gasteiger partial charge in [0, 0.05) is 6.92 Å². The summed E-state index contributed by atoms with van der Waals surface area (Å²) in [6, 6.07) is 0. The lowest BCUT2D eigenvalue weighted by atomic mass is 10.6. The second-order valence-electron chi connectivity index (χ2n) is 2.60. The Kier molecular flexibility index (Phi) is 7.31. The summed E-state index contributed by atoms with van der Waals surface area (Å²) in [6.45, 7) is 2.25. The minimum atomic E-state index is 0. The molecule has 0 heterocycles. The number of aliphatic hydroxyl groups excluding tert-OH is 1. The molecule has 5 heteroatoms. The van der Waals surface area contributed by atoms with Crippen molar-refractivity contribution in [1.82, 2.24) is 0 Å². The highest BCUT2D eigenvalue weighted by Gasteiger charge is 2.18. The van der Waals surface area contributed by atoms with Crippen molar-refractivity contribution in [3.05, 3.63) is 0 Å². The van der Waals surface area contributed by atoms with E-state index < -0.39 is 0 Å². The Morgan fingerprint density at radius 2 is 2.00 bits per heavy atom. The van der Waals surface area contributed by atoms with Gasteiger partial charge >= 0.3 is 0 Å². The summed E-state index contributed by atoms with van der Waals surface area (Å²) in [6.07, 6.45) is 0. The molecule has 0 aromatic carbocycles. The molecule has 0 aliphatic rings. The molecule has 11 heavy (non-hydrogen) atoms. The lowest BCUT2D eigenvalue weighted by Crippen LogP contribution is -3.00. The summed E-state index contributed by atoms with van der Waals surface area (Å²) < 4.78 is 0.492. The summed E-state index contributed by atoms with van der Waals surface area (Å²) in [5.41, 5.74) is 0. The van der Waals surface area contributed by atoms with Crippen molar-refractivity contribution in [2.75, 3.05) is 27.2 Å². The van der Waals surface area contributed by atoms with E-state index in [-0.39, 0.29) is 24.1 Å². The zero-order valence-corrected chi connectivity index (χ0v) is 8.58. The fourth-order valence-electron chi connectivity index (χ4n) is 0.634. The molecular weight excluding hydrogens is 186 g/mol. The van der Waals surface area contributed by atoms with Crippen LogP contribution in [0.5, 0.6) is 0 Å². The Bertz CT molecular complexity index is 130. The van der Waals surface area contributed by atoms with Gasteiger partial charge in [0.2, 0.25) is 5.12 Å². The molecular formula is C6H14ClNO2S. The highest BCUT2D eigenvalue weighted by molar-refractivity contribution is 8.08. The Morgan fingerprint density at radius 3 is 2.27 bits per heavy atom. The smallest absolute Gasteiger partial charge is 0.242 e. The van der Waals surface area contributed by atoms with Gasteiger partial charge in [0.25, 0.3) is 0 Å². The van der Waals surface area contributed by atoms with Crippen LogP contribution in [0.15, 0.2) is 0 Å². The summed E-state index contributed by atoms with van der Waals surface area (Å²) in [7, 11) is 3.78. The largest absolute Gasteiger partial charge is 1.00 e. The van der Waals surface area contributed by atoms with E-state index in [1.54, 1.807) is 0 Å². The lowest BCUT2D eigenvalue weighted by Gasteiger charge is -2.23. The third-order valence-electron chi connectivity index (χ3n) is 1.01. The Labute approximate surface area is 77.9 Å². The van der Waals surface area contributed by atoms with Gasteiger partial charge in [0.15, 0.2) is 11.9 Å². The van der Waals surface area contributed by atoms with E-state index in [4.69, 9.17) is 5.11 Å². The molecule has 0 bridgehead atoms. The molecule has 0 fully saturated rings. The zero-order chi connectivity index (χ0) is 8.20. The molecule has 0 spiro atoms. The average molecular weight is 200 g/mol. The van der Waals surface area contributed by atoms with Gasteiger partial charge in [-0.2, -0.15) is 0 Å². The van der Waals surface area contributed by atoms with E-state index in [2.05, 4.69) is 0 Å². The van der Waals surface area contributed by atoms with Gasteiger partial charge in [-0.1, -0.05) is 0 Å². The number of aliphatic hydroxyl groups is 1. The van der Waals surface area contributed by atoms with Crippen molar-refractivity contribution >= 4 is 17.1 Å². The number of rotatable bonds is 3. The normalized spacial score (nSPS) is 10.5. The van der Waals surface area contributed by atoms with E-state index >= 15 is 0 Å². The molecule has 0 amide bonds. The van der Waals surface area contributed by atoms with Gasteiger partial charge in [-0.3, -0.25) is 8.68 Å². The van der Waals surface area contributed by atoms with Crippen molar-refractivity contribution in [3.63, 3.8) is 0 Å². The molecule has 0 aromatic rings. The first-order valence-corrected chi connectivity index (χ1v) is 3.89. The average Bonchev–Trinajstić information content (AvgIpc) is 1.59. The summed E-state index contributed by atoms with van der Waals surface area (Å²) in [5, 5.41) is 8.66. The Balaban J connectivity index is 0. The number of likely N-dealkylation sites (N-methyl/N-ethyl adjacent to an activating group) is 1. The summed E-state index contributed by atoms with van der Waals surface area (Å²) >= 11 is 1.22. The number of carbonyl (C=O) groups is 1. The van der Waals surface area contributed by atoms with Gasteiger partial charge in [-0.25, -0.2) is 0 Å². The number of nitrogens with zero attached hydrogens (tertiary/aromatic N) is 1. The molecule has 0 aromatic heterocycles. The van der Waals surface area contributed by atoms with E-state index in [9.17, 15) is 4.79 Å². The third kappa shape index (κ3) is 8.13. The molecule has 0 saturated heterocycles. The van der Waals surface area contributed by atoms with Crippen LogP contribution in [-0.4, -0.2) is 41.4 Å². The first-order valence-electron chi connectivity index (χ1n) is 3.12. The number of hydrogen-bond donors (Lipinski definition) is 1. The van der Waals surface area contributed by atoms with Gasteiger partial charge in [-0.15, -0.1) is 0 Å². The van der Waals surface area contributed by atoms with Crippen LogP contribution in [0, 0.1) is 0 Å². The number of halogens is 1. The monoisotopic (exact) mass is 199 g/mol. The standard InChI is InChI=1S/C6H14NO2S.ClH/c1-6(9)10-7(2,3)4-5-8;/h8H,4-5H2,1-3H3;1H/q+1;/p-1. The lowest BCUT2D eigenvalue weighted by molar-refractivity contribution is -0.750. The predicted molar refractivity (Wildman–Crippen MR) is 42.3 cm³/mol. The van der Waals surface area contributed by atoms with E-state index in [1.807, 2.05) is 14.1 Å². The molecule has 0 atom stereocenters. The van der Waals surface area contributed by atoms with Crippen molar-refractivity contribution in [1.29, 1.82) is 0 Å². The Morgan fingerprint density at radius 1 is 1.55 bits per heavy atom. The third-order valence-corrected chi connectivity index (χ3v) is 1.95. The van der Waals surface area contributed by atoms with Crippen molar-refractivity contribution < 1.29 is 26.2 Å². The summed E-state index contributed by atoms with van der Waals surface area (Å²) in [5.74, 6) is 0. The maximum Gasteiger partial charge on any atom is 0.242 e.